The third-order valence-corrected chi connectivity index (χ3v) is 5.53. The van der Waals surface area contributed by atoms with Gasteiger partial charge in [0.05, 0.1) is 11.7 Å². The highest BCUT2D eigenvalue weighted by Crippen LogP contribution is 2.36. The van der Waals surface area contributed by atoms with Crippen molar-refractivity contribution in [2.24, 2.45) is 13.0 Å². The van der Waals surface area contributed by atoms with Crippen LogP contribution in [0.4, 0.5) is 0 Å². The largest absolute Gasteiger partial charge is 0.439 e. The molecule has 0 bridgehead atoms. The lowest BCUT2D eigenvalue weighted by Gasteiger charge is -2.24. The molecular formula is C24H28ClN3O2. The van der Waals surface area contributed by atoms with Gasteiger partial charge >= 0.3 is 0 Å². The fourth-order valence-corrected chi connectivity index (χ4v) is 3.86. The van der Waals surface area contributed by atoms with Crippen LogP contribution in [-0.4, -0.2) is 39.0 Å². The average molecular weight is 426 g/mol. The minimum atomic E-state index is -0.388. The molecule has 1 heterocycles. The van der Waals surface area contributed by atoms with Gasteiger partial charge in [0.15, 0.2) is 0 Å². The van der Waals surface area contributed by atoms with Gasteiger partial charge in [-0.3, -0.25) is 4.90 Å². The van der Waals surface area contributed by atoms with Gasteiger partial charge in [-0.1, -0.05) is 41.9 Å². The molecule has 158 valence electrons. The van der Waals surface area contributed by atoms with E-state index in [4.69, 9.17) is 21.4 Å². The highest BCUT2D eigenvalue weighted by molar-refractivity contribution is 6.30. The first-order valence-electron chi connectivity index (χ1n) is 10.4. The molecule has 2 aromatic carbocycles. The van der Waals surface area contributed by atoms with Gasteiger partial charge in [-0.15, -0.1) is 0 Å². The summed E-state index contributed by atoms with van der Waals surface area (Å²) in [6, 6.07) is 17.5. The molecule has 1 aliphatic carbocycles. The first kappa shape index (κ1) is 20.9. The van der Waals surface area contributed by atoms with Crippen LogP contribution in [0.3, 0.4) is 0 Å². The van der Waals surface area contributed by atoms with Crippen molar-refractivity contribution in [3.63, 3.8) is 0 Å². The molecule has 6 heteroatoms. The minimum Gasteiger partial charge on any atom is -0.439 e. The smallest absolute Gasteiger partial charge is 0.222 e. The van der Waals surface area contributed by atoms with Crippen molar-refractivity contribution < 1.29 is 9.84 Å². The number of halogens is 1. The number of hydrogen-bond donors (Lipinski definition) is 1. The molecule has 1 saturated carbocycles. The van der Waals surface area contributed by atoms with Gasteiger partial charge in [-0.2, -0.15) is 5.10 Å². The van der Waals surface area contributed by atoms with E-state index in [-0.39, 0.29) is 6.10 Å². The van der Waals surface area contributed by atoms with Crippen molar-refractivity contribution in [3.8, 4) is 22.9 Å². The minimum absolute atomic E-state index is 0.388. The second-order valence-electron chi connectivity index (χ2n) is 8.16. The van der Waals surface area contributed by atoms with Crippen molar-refractivity contribution in [2.75, 3.05) is 13.1 Å². The van der Waals surface area contributed by atoms with Gasteiger partial charge in [-0.25, -0.2) is 4.68 Å². The Balaban J connectivity index is 1.71. The van der Waals surface area contributed by atoms with Crippen molar-refractivity contribution in [1.82, 2.24) is 14.7 Å². The predicted octanol–water partition coefficient (Wildman–Crippen LogP) is 5.13. The Hall–Kier alpha value is -2.34. The van der Waals surface area contributed by atoms with E-state index in [9.17, 15) is 5.11 Å². The third-order valence-electron chi connectivity index (χ3n) is 5.28. The standard InChI is InChI=1S/C24H28ClN3O2/c1-17(29)14-28(15-18-8-9-18)16-22-23(19-6-4-3-5-7-19)26-27(2)24(22)30-21-12-10-20(25)11-13-21/h3-7,10-13,17-18,29H,8-9,14-16H2,1-2H3/t17-/m0/s1. The molecule has 30 heavy (non-hydrogen) atoms. The summed E-state index contributed by atoms with van der Waals surface area (Å²) < 4.78 is 8.07. The van der Waals surface area contributed by atoms with E-state index < -0.39 is 0 Å². The van der Waals surface area contributed by atoms with Crippen molar-refractivity contribution in [2.45, 2.75) is 32.4 Å². The molecule has 0 saturated heterocycles. The van der Waals surface area contributed by atoms with Crippen LogP contribution in [0.25, 0.3) is 11.3 Å². The zero-order chi connectivity index (χ0) is 21.1. The second-order valence-corrected chi connectivity index (χ2v) is 8.60. The van der Waals surface area contributed by atoms with Crippen LogP contribution in [0.1, 0.15) is 25.3 Å². The molecule has 1 aromatic heterocycles. The first-order chi connectivity index (χ1) is 14.5. The van der Waals surface area contributed by atoms with Crippen LogP contribution < -0.4 is 4.74 Å². The molecule has 0 aliphatic heterocycles. The molecule has 1 fully saturated rings. The maximum Gasteiger partial charge on any atom is 0.222 e. The molecule has 0 amide bonds. The van der Waals surface area contributed by atoms with Crippen molar-refractivity contribution in [3.05, 3.63) is 65.2 Å². The van der Waals surface area contributed by atoms with Crippen molar-refractivity contribution in [1.29, 1.82) is 0 Å². The molecule has 1 atom stereocenters. The van der Waals surface area contributed by atoms with Gasteiger partial charge < -0.3 is 9.84 Å². The molecule has 3 aromatic rings. The van der Waals surface area contributed by atoms with Gasteiger partial charge in [0.2, 0.25) is 5.88 Å². The normalized spacial score (nSPS) is 14.8. The SMILES string of the molecule is C[C@H](O)CN(Cc1c(-c2ccccc2)nn(C)c1Oc1ccc(Cl)cc1)CC1CC1. The van der Waals surface area contributed by atoms with E-state index in [0.29, 0.717) is 29.7 Å². The van der Waals surface area contributed by atoms with Crippen LogP contribution >= 0.6 is 11.6 Å². The van der Waals surface area contributed by atoms with E-state index in [1.807, 2.05) is 56.4 Å². The fourth-order valence-electron chi connectivity index (χ4n) is 3.73. The summed E-state index contributed by atoms with van der Waals surface area (Å²) >= 11 is 6.03. The summed E-state index contributed by atoms with van der Waals surface area (Å²) in [5, 5.41) is 15.5. The summed E-state index contributed by atoms with van der Waals surface area (Å²) in [7, 11) is 1.90. The molecule has 1 aliphatic rings. The van der Waals surface area contributed by atoms with E-state index in [2.05, 4.69) is 17.0 Å². The molecule has 5 nitrogen and oxygen atoms in total. The number of nitrogens with zero attached hydrogens (tertiary/aromatic N) is 3. The highest BCUT2D eigenvalue weighted by atomic mass is 35.5. The van der Waals surface area contributed by atoms with Gasteiger partial charge in [0.25, 0.3) is 0 Å². The van der Waals surface area contributed by atoms with Crippen LogP contribution in [0.15, 0.2) is 54.6 Å². The van der Waals surface area contributed by atoms with Crippen LogP contribution in [0.2, 0.25) is 5.02 Å². The molecule has 0 radical (unpaired) electrons. The summed E-state index contributed by atoms with van der Waals surface area (Å²) in [5.41, 5.74) is 2.99. The number of ether oxygens (including phenoxy) is 1. The Morgan fingerprint density at radius 1 is 1.17 bits per heavy atom. The number of rotatable bonds is 9. The average Bonchev–Trinajstić information content (AvgIpc) is 3.49. The number of aliphatic hydroxyl groups excluding tert-OH is 1. The first-order valence-corrected chi connectivity index (χ1v) is 10.8. The Bertz CT molecular complexity index is 962. The fraction of sp³-hybridized carbons (Fsp3) is 0.375. The van der Waals surface area contributed by atoms with Crippen LogP contribution in [0, 0.1) is 5.92 Å². The predicted molar refractivity (Wildman–Crippen MR) is 120 cm³/mol. The zero-order valence-corrected chi connectivity index (χ0v) is 18.2. The van der Waals surface area contributed by atoms with Gasteiger partial charge in [0.1, 0.15) is 11.4 Å². The topological polar surface area (TPSA) is 50.5 Å². The third kappa shape index (κ3) is 5.22. The monoisotopic (exact) mass is 425 g/mol. The van der Waals surface area contributed by atoms with Gasteiger partial charge in [0, 0.05) is 37.3 Å². The Morgan fingerprint density at radius 2 is 1.87 bits per heavy atom. The molecule has 4 rings (SSSR count). The molecule has 0 unspecified atom stereocenters. The van der Waals surface area contributed by atoms with E-state index >= 15 is 0 Å². The van der Waals surface area contributed by atoms with E-state index in [1.54, 1.807) is 4.68 Å². The maximum absolute atomic E-state index is 10.0. The van der Waals surface area contributed by atoms with E-state index in [1.165, 1.54) is 12.8 Å². The number of benzene rings is 2. The summed E-state index contributed by atoms with van der Waals surface area (Å²) in [6.07, 6.45) is 2.15. The quantitative estimate of drug-likeness (QED) is 0.516. The Morgan fingerprint density at radius 3 is 2.50 bits per heavy atom. The summed E-state index contributed by atoms with van der Waals surface area (Å²) in [6.45, 7) is 4.11. The van der Waals surface area contributed by atoms with E-state index in [0.717, 1.165) is 29.3 Å². The number of hydrogen-bond acceptors (Lipinski definition) is 4. The lowest BCUT2D eigenvalue weighted by atomic mass is 10.1. The molecule has 0 spiro atoms. The Labute approximate surface area is 182 Å². The summed E-state index contributed by atoms with van der Waals surface area (Å²) in [4.78, 5) is 2.32. The lowest BCUT2D eigenvalue weighted by Crippen LogP contribution is -2.32. The second kappa shape index (κ2) is 9.21. The zero-order valence-electron chi connectivity index (χ0n) is 17.5. The number of aryl methyl sites for hydroxylation is 1. The van der Waals surface area contributed by atoms with Crippen molar-refractivity contribution >= 4 is 11.6 Å². The number of aromatic nitrogens is 2. The Kier molecular flexibility index (Phi) is 6.42. The van der Waals surface area contributed by atoms with Gasteiger partial charge in [-0.05, 0) is 49.9 Å². The highest BCUT2D eigenvalue weighted by Gasteiger charge is 2.28. The molecular weight excluding hydrogens is 398 g/mol. The maximum atomic E-state index is 10.0. The summed E-state index contributed by atoms with van der Waals surface area (Å²) in [5.74, 6) is 2.15. The van der Waals surface area contributed by atoms with Crippen LogP contribution in [0.5, 0.6) is 11.6 Å². The lowest BCUT2D eigenvalue weighted by molar-refractivity contribution is 0.119. The van der Waals surface area contributed by atoms with Crippen LogP contribution in [-0.2, 0) is 13.6 Å². The number of aliphatic hydroxyl groups is 1. The molecule has 1 N–H and O–H groups in total.